The molecule has 3 aromatic carbocycles. The SMILES string of the molecule is NC(N)=Nc1ccc(N2C(=O)N(Cc3ccccc3)N=C(CC3CCCCC3)c3ccccc32)cc1. The second-order valence-electron chi connectivity index (χ2n) is 9.49. The van der Waals surface area contributed by atoms with Crippen LogP contribution in [0.3, 0.4) is 0 Å². The Morgan fingerprint density at radius 3 is 2.31 bits per heavy atom. The number of carbonyl (C=O) groups is 1. The van der Waals surface area contributed by atoms with Gasteiger partial charge in [0.25, 0.3) is 0 Å². The molecule has 0 saturated heterocycles. The Kier molecular flexibility index (Phi) is 6.98. The van der Waals surface area contributed by atoms with Crippen molar-refractivity contribution in [2.45, 2.75) is 45.1 Å². The molecule has 1 heterocycles. The van der Waals surface area contributed by atoms with Gasteiger partial charge in [0.05, 0.1) is 29.3 Å². The molecule has 7 nitrogen and oxygen atoms in total. The Balaban J connectivity index is 1.58. The molecule has 3 aromatic rings. The summed E-state index contributed by atoms with van der Waals surface area (Å²) in [6.07, 6.45) is 7.13. The number of amides is 2. The molecule has 1 saturated carbocycles. The number of hydrazone groups is 1. The van der Waals surface area contributed by atoms with E-state index in [0.717, 1.165) is 34.6 Å². The standard InChI is InChI=1S/C29H32N6O/c30-28(31)32-23-15-17-24(18-16-23)35-27-14-8-7-13-25(27)26(19-21-9-3-1-4-10-21)33-34(29(35)36)20-22-11-5-2-6-12-22/h2,5-8,11-18,21H,1,3-4,9-10,19-20H2,(H4,30,31,32). The van der Waals surface area contributed by atoms with Gasteiger partial charge in [0.15, 0.2) is 5.96 Å². The minimum absolute atomic E-state index is 0.00580. The molecule has 4 N–H and O–H groups in total. The highest BCUT2D eigenvalue weighted by Crippen LogP contribution is 2.37. The van der Waals surface area contributed by atoms with Gasteiger partial charge in [-0.15, -0.1) is 0 Å². The van der Waals surface area contributed by atoms with Crippen molar-refractivity contribution < 1.29 is 4.79 Å². The largest absolute Gasteiger partial charge is 0.370 e. The van der Waals surface area contributed by atoms with Gasteiger partial charge in [-0.2, -0.15) is 5.10 Å². The Hall–Kier alpha value is -4.13. The molecule has 1 aliphatic heterocycles. The zero-order valence-electron chi connectivity index (χ0n) is 20.4. The third-order valence-corrected chi connectivity index (χ3v) is 6.86. The molecular formula is C29H32N6O. The summed E-state index contributed by atoms with van der Waals surface area (Å²) in [5, 5.41) is 6.63. The first kappa shape index (κ1) is 23.6. The molecule has 0 bridgehead atoms. The first-order valence-electron chi connectivity index (χ1n) is 12.6. The van der Waals surface area contributed by atoms with Gasteiger partial charge in [-0.1, -0.05) is 80.6 Å². The topological polar surface area (TPSA) is 100 Å². The van der Waals surface area contributed by atoms with E-state index < -0.39 is 0 Å². The van der Waals surface area contributed by atoms with E-state index in [4.69, 9.17) is 16.6 Å². The number of benzene rings is 3. The van der Waals surface area contributed by atoms with Gasteiger partial charge in [-0.25, -0.2) is 14.8 Å². The van der Waals surface area contributed by atoms with E-state index in [1.54, 1.807) is 22.0 Å². The lowest BCUT2D eigenvalue weighted by Crippen LogP contribution is -2.36. The van der Waals surface area contributed by atoms with Crippen LogP contribution in [0, 0.1) is 5.92 Å². The van der Waals surface area contributed by atoms with Gasteiger partial charge in [-0.3, -0.25) is 4.90 Å². The lowest BCUT2D eigenvalue weighted by atomic mass is 9.84. The molecule has 1 aliphatic carbocycles. The summed E-state index contributed by atoms with van der Waals surface area (Å²) in [5.74, 6) is 0.582. The fourth-order valence-electron chi connectivity index (χ4n) is 5.12. The van der Waals surface area contributed by atoms with Crippen LogP contribution >= 0.6 is 0 Å². The van der Waals surface area contributed by atoms with Crippen LogP contribution in [0.1, 0.15) is 49.7 Å². The van der Waals surface area contributed by atoms with E-state index in [1.165, 1.54) is 32.1 Å². The molecule has 0 atom stereocenters. The fraction of sp³-hybridized carbons (Fsp3) is 0.276. The summed E-state index contributed by atoms with van der Waals surface area (Å²) in [4.78, 5) is 19.9. The van der Waals surface area contributed by atoms with E-state index in [1.807, 2.05) is 60.7 Å². The summed E-state index contributed by atoms with van der Waals surface area (Å²) in [7, 11) is 0. The number of hydrogen-bond donors (Lipinski definition) is 2. The molecule has 5 rings (SSSR count). The monoisotopic (exact) mass is 480 g/mol. The van der Waals surface area contributed by atoms with E-state index in [9.17, 15) is 4.79 Å². The molecule has 0 aromatic heterocycles. The van der Waals surface area contributed by atoms with Crippen LogP contribution in [0.5, 0.6) is 0 Å². The molecule has 7 heteroatoms. The highest BCUT2D eigenvalue weighted by atomic mass is 16.2. The predicted octanol–water partition coefficient (Wildman–Crippen LogP) is 6.04. The Bertz CT molecular complexity index is 1260. The van der Waals surface area contributed by atoms with Crippen molar-refractivity contribution in [1.82, 2.24) is 5.01 Å². The molecule has 36 heavy (non-hydrogen) atoms. The molecular weight excluding hydrogens is 448 g/mol. The second-order valence-corrected chi connectivity index (χ2v) is 9.49. The summed E-state index contributed by atoms with van der Waals surface area (Å²) >= 11 is 0. The lowest BCUT2D eigenvalue weighted by Gasteiger charge is -2.26. The van der Waals surface area contributed by atoms with Gasteiger partial charge >= 0.3 is 6.03 Å². The maximum atomic E-state index is 14.1. The first-order chi connectivity index (χ1) is 17.6. The zero-order chi connectivity index (χ0) is 24.9. The summed E-state index contributed by atoms with van der Waals surface area (Å²) in [5.41, 5.74) is 16.3. The Labute approximate surface area is 212 Å². The fourth-order valence-corrected chi connectivity index (χ4v) is 5.12. The molecule has 0 spiro atoms. The van der Waals surface area contributed by atoms with Gasteiger partial charge in [0, 0.05) is 5.56 Å². The lowest BCUT2D eigenvalue weighted by molar-refractivity contribution is 0.207. The van der Waals surface area contributed by atoms with Crippen molar-refractivity contribution in [2.24, 2.45) is 27.5 Å². The molecule has 184 valence electrons. The van der Waals surface area contributed by atoms with Gasteiger partial charge in [-0.05, 0) is 48.2 Å². The van der Waals surface area contributed by atoms with E-state index in [0.29, 0.717) is 18.2 Å². The van der Waals surface area contributed by atoms with Crippen LogP contribution in [-0.2, 0) is 6.54 Å². The third kappa shape index (κ3) is 5.25. The van der Waals surface area contributed by atoms with Gasteiger partial charge < -0.3 is 11.5 Å². The van der Waals surface area contributed by atoms with E-state index in [2.05, 4.69) is 11.1 Å². The van der Waals surface area contributed by atoms with Crippen LogP contribution in [0.2, 0.25) is 0 Å². The number of fused-ring (bicyclic) bond motifs is 1. The zero-order valence-corrected chi connectivity index (χ0v) is 20.4. The maximum Gasteiger partial charge on any atom is 0.349 e. The summed E-state index contributed by atoms with van der Waals surface area (Å²) in [6.45, 7) is 0.393. The average Bonchev–Trinajstić information content (AvgIpc) is 3.00. The van der Waals surface area contributed by atoms with Gasteiger partial charge in [0.2, 0.25) is 0 Å². The van der Waals surface area contributed by atoms with E-state index in [-0.39, 0.29) is 12.0 Å². The summed E-state index contributed by atoms with van der Waals surface area (Å²) < 4.78 is 0. The third-order valence-electron chi connectivity index (χ3n) is 6.86. The van der Waals surface area contributed by atoms with Crippen molar-refractivity contribution in [3.63, 3.8) is 0 Å². The number of nitrogens with two attached hydrogens (primary N) is 2. The molecule has 0 unspecified atom stereocenters. The number of hydrogen-bond acceptors (Lipinski definition) is 3. The first-order valence-corrected chi connectivity index (χ1v) is 12.6. The normalized spacial score (nSPS) is 16.2. The average molecular weight is 481 g/mol. The minimum Gasteiger partial charge on any atom is -0.370 e. The number of carbonyl (C=O) groups excluding carboxylic acids is 1. The number of aliphatic imine (C=N–C) groups is 1. The molecule has 0 radical (unpaired) electrons. The molecule has 2 aliphatic rings. The van der Waals surface area contributed by atoms with Crippen molar-refractivity contribution in [2.75, 3.05) is 4.90 Å². The Morgan fingerprint density at radius 2 is 1.58 bits per heavy atom. The number of urea groups is 1. The van der Waals surface area contributed by atoms with Crippen molar-refractivity contribution in [3.8, 4) is 0 Å². The summed E-state index contributed by atoms with van der Waals surface area (Å²) in [6, 6.07) is 25.2. The molecule has 1 fully saturated rings. The molecule has 2 amide bonds. The predicted molar refractivity (Wildman–Crippen MR) is 146 cm³/mol. The number of nitrogens with zero attached hydrogens (tertiary/aromatic N) is 4. The van der Waals surface area contributed by atoms with Crippen LogP contribution in [0.15, 0.2) is 89.0 Å². The minimum atomic E-state index is -0.195. The quantitative estimate of drug-likeness (QED) is 0.332. The highest BCUT2D eigenvalue weighted by Gasteiger charge is 2.32. The van der Waals surface area contributed by atoms with Crippen molar-refractivity contribution in [3.05, 3.63) is 90.0 Å². The number of anilines is 2. The van der Waals surface area contributed by atoms with Crippen LogP contribution in [0.4, 0.5) is 21.9 Å². The highest BCUT2D eigenvalue weighted by molar-refractivity contribution is 6.13. The van der Waals surface area contributed by atoms with Crippen molar-refractivity contribution in [1.29, 1.82) is 0 Å². The number of para-hydroxylation sites is 1. The Morgan fingerprint density at radius 1 is 0.889 bits per heavy atom. The van der Waals surface area contributed by atoms with Crippen LogP contribution in [0.25, 0.3) is 0 Å². The van der Waals surface area contributed by atoms with Gasteiger partial charge in [0.1, 0.15) is 0 Å². The maximum absolute atomic E-state index is 14.1. The number of rotatable bonds is 6. The smallest absolute Gasteiger partial charge is 0.349 e. The number of guanidine groups is 1. The van der Waals surface area contributed by atoms with Crippen LogP contribution < -0.4 is 16.4 Å². The van der Waals surface area contributed by atoms with Crippen LogP contribution in [-0.4, -0.2) is 22.7 Å². The second kappa shape index (κ2) is 10.6. The van der Waals surface area contributed by atoms with Crippen molar-refractivity contribution >= 4 is 34.8 Å². The van der Waals surface area contributed by atoms with E-state index >= 15 is 0 Å².